The highest BCUT2D eigenvalue weighted by Crippen LogP contribution is 2.40. The molecule has 12 nitrogen and oxygen atoms in total. The predicted molar refractivity (Wildman–Crippen MR) is 150 cm³/mol. The molecule has 2 aromatic carbocycles. The van der Waals surface area contributed by atoms with Gasteiger partial charge in [-0.05, 0) is 48.5 Å². The highest BCUT2D eigenvalue weighted by atomic mass is 35.5. The summed E-state index contributed by atoms with van der Waals surface area (Å²) in [6, 6.07) is 13.0. The third kappa shape index (κ3) is 6.55. The molecule has 3 heterocycles. The molecule has 0 fully saturated rings. The molecular formula is C26H21ClF3N7O5S. The molecule has 43 heavy (non-hydrogen) atoms. The second kappa shape index (κ2) is 11.5. The smallest absolute Gasteiger partial charge is 0.455 e. The van der Waals surface area contributed by atoms with Gasteiger partial charge in [0.05, 0.1) is 27.5 Å². The Morgan fingerprint density at radius 1 is 1.12 bits per heavy atom. The number of sulfone groups is 1. The van der Waals surface area contributed by atoms with E-state index in [0.717, 1.165) is 6.26 Å². The van der Waals surface area contributed by atoms with Gasteiger partial charge < -0.3 is 20.6 Å². The van der Waals surface area contributed by atoms with Crippen molar-refractivity contribution < 1.29 is 36.0 Å². The number of hydrogen-bond donors (Lipinski definition) is 2. The first-order chi connectivity index (χ1) is 20.3. The van der Waals surface area contributed by atoms with Crippen LogP contribution in [0.2, 0.25) is 5.02 Å². The second-order valence-electron chi connectivity index (χ2n) is 9.03. The maximum atomic E-state index is 13.2. The number of anilines is 2. The molecular weight excluding hydrogens is 615 g/mol. The fourth-order valence-corrected chi connectivity index (χ4v) is 4.83. The van der Waals surface area contributed by atoms with Gasteiger partial charge in [-0.25, -0.2) is 13.2 Å². The highest BCUT2D eigenvalue weighted by molar-refractivity contribution is 7.90. The summed E-state index contributed by atoms with van der Waals surface area (Å²) in [7, 11) is -3.52. The topological polar surface area (TPSA) is 156 Å². The molecule has 0 atom stereocenters. The Balaban J connectivity index is 1.71. The third-order valence-corrected chi connectivity index (χ3v) is 7.30. The summed E-state index contributed by atoms with van der Waals surface area (Å²) in [6.45, 7) is 0.713. The van der Waals surface area contributed by atoms with Crippen molar-refractivity contribution in [3.63, 3.8) is 0 Å². The van der Waals surface area contributed by atoms with Crippen LogP contribution in [0.4, 0.5) is 24.8 Å². The zero-order valence-corrected chi connectivity index (χ0v) is 23.6. The van der Waals surface area contributed by atoms with Crippen LogP contribution in [-0.2, 0) is 21.2 Å². The maximum Gasteiger partial charge on any atom is 0.493 e. The van der Waals surface area contributed by atoms with Gasteiger partial charge in [0.15, 0.2) is 32.7 Å². The molecule has 0 bridgehead atoms. The molecule has 0 aliphatic carbocycles. The number of halogens is 4. The molecule has 0 unspecified atom stereocenters. The lowest BCUT2D eigenvalue weighted by Gasteiger charge is -2.13. The van der Waals surface area contributed by atoms with Gasteiger partial charge in [0.1, 0.15) is 5.75 Å². The first-order valence-electron chi connectivity index (χ1n) is 12.3. The molecule has 0 amide bonds. The van der Waals surface area contributed by atoms with Crippen molar-refractivity contribution in [2.75, 3.05) is 18.1 Å². The van der Waals surface area contributed by atoms with Crippen LogP contribution in [0.3, 0.4) is 0 Å². The van der Waals surface area contributed by atoms with Gasteiger partial charge in [0.25, 0.3) is 0 Å². The summed E-state index contributed by atoms with van der Waals surface area (Å²) in [5.41, 5.74) is 6.08. The van der Waals surface area contributed by atoms with Crippen molar-refractivity contribution in [3.05, 3.63) is 72.0 Å². The van der Waals surface area contributed by atoms with E-state index in [-0.39, 0.29) is 44.0 Å². The molecule has 17 heteroatoms. The van der Waals surface area contributed by atoms with Crippen molar-refractivity contribution in [2.24, 2.45) is 5.73 Å². The molecule has 3 aromatic heterocycles. The van der Waals surface area contributed by atoms with Crippen LogP contribution < -0.4 is 20.6 Å². The molecule has 0 saturated carbocycles. The van der Waals surface area contributed by atoms with Crippen molar-refractivity contribution in [3.8, 4) is 22.8 Å². The average molecular weight is 636 g/mol. The Morgan fingerprint density at radius 2 is 1.86 bits per heavy atom. The monoisotopic (exact) mass is 635 g/mol. The summed E-state index contributed by atoms with van der Waals surface area (Å²) in [5, 5.41) is 11.7. The van der Waals surface area contributed by atoms with Crippen LogP contribution in [0.1, 0.15) is 0 Å². The van der Waals surface area contributed by atoms with Crippen LogP contribution in [0.5, 0.6) is 11.5 Å². The van der Waals surface area contributed by atoms with Gasteiger partial charge >= 0.3 is 12.1 Å². The van der Waals surface area contributed by atoms with Crippen molar-refractivity contribution >= 4 is 49.9 Å². The van der Waals surface area contributed by atoms with E-state index in [9.17, 15) is 26.4 Å². The minimum Gasteiger partial charge on any atom is -0.455 e. The quantitative estimate of drug-likeness (QED) is 0.238. The van der Waals surface area contributed by atoms with Gasteiger partial charge in [-0.1, -0.05) is 16.4 Å². The van der Waals surface area contributed by atoms with E-state index < -0.39 is 22.0 Å². The van der Waals surface area contributed by atoms with E-state index in [1.165, 1.54) is 42.6 Å². The summed E-state index contributed by atoms with van der Waals surface area (Å²) < 4.78 is 71.0. The van der Waals surface area contributed by atoms with Crippen LogP contribution in [0, 0.1) is 0 Å². The fraction of sp³-hybridized carbons (Fsp3) is 0.154. The number of fused-ring (bicyclic) bond motifs is 1. The zero-order valence-electron chi connectivity index (χ0n) is 22.0. The lowest BCUT2D eigenvalue weighted by Crippen LogP contribution is -2.33. The van der Waals surface area contributed by atoms with Crippen LogP contribution in [-0.4, -0.2) is 58.1 Å². The number of aromatic nitrogens is 5. The average Bonchev–Trinajstić information content (AvgIpc) is 3.52. The van der Waals surface area contributed by atoms with Gasteiger partial charge in [-0.3, -0.25) is 9.67 Å². The van der Waals surface area contributed by atoms with Gasteiger partial charge in [-0.2, -0.15) is 18.3 Å². The van der Waals surface area contributed by atoms with Crippen molar-refractivity contribution in [1.29, 1.82) is 0 Å². The van der Waals surface area contributed by atoms with E-state index in [1.807, 2.05) is 0 Å². The number of carbonyl (C=O) groups excluding carboxylic acids is 1. The number of carbonyl (C=O) groups is 1. The minimum absolute atomic E-state index is 0.0173. The first-order valence-corrected chi connectivity index (χ1v) is 14.6. The Bertz CT molecular complexity index is 1930. The number of ether oxygens (including phenoxy) is 1. The van der Waals surface area contributed by atoms with Crippen LogP contribution in [0.15, 0.2) is 71.9 Å². The number of hydrogen-bond acceptors (Lipinski definition) is 10. The lowest BCUT2D eigenvalue weighted by atomic mass is 10.1. The number of rotatable bonds is 9. The largest absolute Gasteiger partial charge is 0.493 e. The Labute approximate surface area is 246 Å². The molecule has 224 valence electrons. The van der Waals surface area contributed by atoms with E-state index in [2.05, 4.69) is 25.3 Å². The summed E-state index contributed by atoms with van der Waals surface area (Å²) in [6.07, 6.45) is -1.18. The Morgan fingerprint density at radius 3 is 2.51 bits per heavy atom. The first kappa shape index (κ1) is 29.8. The van der Waals surface area contributed by atoms with Crippen molar-refractivity contribution in [2.45, 2.75) is 17.6 Å². The number of nitrogens with two attached hydrogens (primary N) is 1. The van der Waals surface area contributed by atoms with Crippen LogP contribution in [0.25, 0.3) is 22.2 Å². The SMILES string of the molecule is CS(=O)(=O)c1ccc(Oc2cc(-c3ncccc3Cl)cc3c(Nc4ccn(CCN)n4)nn(OC(=O)C(F)(F)F)c23)cc1. The number of nitrogens with zero attached hydrogens (tertiary/aromatic N) is 5. The van der Waals surface area contributed by atoms with E-state index >= 15 is 0 Å². The minimum atomic E-state index is -5.34. The molecule has 0 saturated heterocycles. The van der Waals surface area contributed by atoms with Crippen LogP contribution >= 0.6 is 11.6 Å². The van der Waals surface area contributed by atoms with Gasteiger partial charge in [0, 0.05) is 36.8 Å². The molecule has 0 aliphatic heterocycles. The summed E-state index contributed by atoms with van der Waals surface area (Å²) >= 11 is 6.39. The Hall–Kier alpha value is -4.67. The summed E-state index contributed by atoms with van der Waals surface area (Å²) in [4.78, 5) is 21.2. The lowest BCUT2D eigenvalue weighted by molar-refractivity contribution is -0.200. The second-order valence-corrected chi connectivity index (χ2v) is 11.4. The number of alkyl halides is 3. The molecule has 3 N–H and O–H groups in total. The highest BCUT2D eigenvalue weighted by Gasteiger charge is 2.42. The third-order valence-electron chi connectivity index (χ3n) is 5.87. The number of nitrogens with one attached hydrogen (secondary N) is 1. The zero-order chi connectivity index (χ0) is 30.9. The van der Waals surface area contributed by atoms with Gasteiger partial charge in [0.2, 0.25) is 0 Å². The van der Waals surface area contributed by atoms with E-state index in [0.29, 0.717) is 29.2 Å². The molecule has 0 radical (unpaired) electrons. The maximum absolute atomic E-state index is 13.2. The molecule has 5 rings (SSSR count). The van der Waals surface area contributed by atoms with E-state index in [1.54, 1.807) is 29.1 Å². The van der Waals surface area contributed by atoms with Gasteiger partial charge in [-0.15, -0.1) is 5.10 Å². The summed E-state index contributed by atoms with van der Waals surface area (Å²) in [5.74, 6) is -2.32. The number of benzene rings is 2. The standard InChI is InChI=1S/C26H21ClF3N7O5S/c1-43(39,40)17-6-4-16(5-7-17)41-20-14-15(22-19(27)3-2-10-32-22)13-18-23(20)37(42-25(38)26(28,29)30)35-24(18)33-21-8-11-36(34-21)12-9-31/h2-8,10-11,13-14H,9,12,31H2,1H3,(H,33,34,35). The Kier molecular flexibility index (Phi) is 8.00. The predicted octanol–water partition coefficient (Wildman–Crippen LogP) is 4.36. The normalized spacial score (nSPS) is 12.0. The number of pyridine rings is 1. The molecule has 5 aromatic rings. The van der Waals surface area contributed by atoms with E-state index in [4.69, 9.17) is 22.1 Å². The fourth-order valence-electron chi connectivity index (χ4n) is 3.97. The molecule has 0 spiro atoms. The van der Waals surface area contributed by atoms with Crippen molar-refractivity contribution in [1.82, 2.24) is 24.7 Å². The molecule has 0 aliphatic rings.